The molecule has 0 spiro atoms. The number of hydrogen-bond acceptors (Lipinski definition) is 4. The molecule has 1 aliphatic heterocycles. The minimum absolute atomic E-state index is 0.0203. The van der Waals surface area contributed by atoms with E-state index in [1.807, 2.05) is 49.5 Å². The van der Waals surface area contributed by atoms with Crippen molar-refractivity contribution in [3.05, 3.63) is 46.3 Å². The molecule has 1 aromatic carbocycles. The van der Waals surface area contributed by atoms with E-state index >= 15 is 0 Å². The highest BCUT2D eigenvalue weighted by atomic mass is 16.5. The van der Waals surface area contributed by atoms with Crippen molar-refractivity contribution in [3.8, 4) is 5.75 Å². The van der Waals surface area contributed by atoms with Crippen LogP contribution in [0.15, 0.2) is 18.2 Å². The molecular weight excluding hydrogens is 392 g/mol. The van der Waals surface area contributed by atoms with Gasteiger partial charge in [0.15, 0.2) is 0 Å². The fraction of sp³-hybridized carbons (Fsp3) is 0.542. The number of nitrogens with one attached hydrogen (secondary N) is 1. The maximum Gasteiger partial charge on any atom is 0.226 e. The van der Waals surface area contributed by atoms with E-state index in [-0.39, 0.29) is 23.8 Å². The number of nitrogens with zero attached hydrogens (tertiary/aromatic N) is 3. The van der Waals surface area contributed by atoms with Crippen molar-refractivity contribution in [2.45, 2.75) is 59.0 Å². The van der Waals surface area contributed by atoms with Crippen molar-refractivity contribution in [1.82, 2.24) is 20.0 Å². The molecule has 1 aromatic heterocycles. The molecule has 7 heteroatoms. The molecule has 166 valence electrons. The summed E-state index contributed by atoms with van der Waals surface area (Å²) in [6.45, 7) is 7.74. The Morgan fingerprint density at radius 1 is 1.29 bits per heavy atom. The van der Waals surface area contributed by atoms with Crippen LogP contribution in [0.25, 0.3) is 0 Å². The van der Waals surface area contributed by atoms with Gasteiger partial charge in [-0.1, -0.05) is 12.1 Å². The van der Waals surface area contributed by atoms with Crippen LogP contribution in [-0.2, 0) is 29.6 Å². The van der Waals surface area contributed by atoms with Crippen LogP contribution in [0.3, 0.4) is 0 Å². The van der Waals surface area contributed by atoms with Crippen LogP contribution in [0, 0.1) is 19.8 Å². The van der Waals surface area contributed by atoms with E-state index in [0.717, 1.165) is 46.7 Å². The molecule has 2 aliphatic rings. The fourth-order valence-corrected chi connectivity index (χ4v) is 4.44. The van der Waals surface area contributed by atoms with Gasteiger partial charge in [-0.2, -0.15) is 5.10 Å². The summed E-state index contributed by atoms with van der Waals surface area (Å²) in [5.74, 6) is 1.32. The first-order valence-corrected chi connectivity index (χ1v) is 11.2. The van der Waals surface area contributed by atoms with Crippen LogP contribution in [0.1, 0.15) is 60.3 Å². The summed E-state index contributed by atoms with van der Waals surface area (Å²) in [4.78, 5) is 27.0. The Labute approximate surface area is 183 Å². The van der Waals surface area contributed by atoms with Gasteiger partial charge in [0, 0.05) is 42.8 Å². The highest BCUT2D eigenvalue weighted by Crippen LogP contribution is 2.33. The molecular formula is C24H32N4O3. The number of hydrogen-bond donors (Lipinski definition) is 1. The van der Waals surface area contributed by atoms with Crippen LogP contribution >= 0.6 is 0 Å². The Kier molecular flexibility index (Phi) is 6.03. The van der Waals surface area contributed by atoms with Crippen molar-refractivity contribution < 1.29 is 14.3 Å². The third kappa shape index (κ3) is 4.75. The van der Waals surface area contributed by atoms with E-state index in [9.17, 15) is 9.59 Å². The molecule has 0 saturated heterocycles. The maximum absolute atomic E-state index is 12.6. The summed E-state index contributed by atoms with van der Waals surface area (Å²) >= 11 is 0. The van der Waals surface area contributed by atoms with Gasteiger partial charge in [0.05, 0.1) is 18.3 Å². The van der Waals surface area contributed by atoms with Gasteiger partial charge >= 0.3 is 0 Å². The van der Waals surface area contributed by atoms with Gasteiger partial charge in [-0.3, -0.25) is 14.3 Å². The van der Waals surface area contributed by atoms with Crippen molar-refractivity contribution in [1.29, 1.82) is 0 Å². The normalized spacial score (nSPS) is 16.8. The summed E-state index contributed by atoms with van der Waals surface area (Å²) in [6, 6.07) is 5.99. The lowest BCUT2D eigenvalue weighted by atomic mass is 10.0. The standard InChI is InChI=1S/C24H32N4O3/c1-15(23-16(2)26-27(4)17(23)3)25-22(29)10-6-18-5-9-21-20(13-18)14-28(11-12-31-21)24(30)19-7-8-19/h5,9,13,15,19H,6-8,10-12,14H2,1-4H3,(H,25,29). The van der Waals surface area contributed by atoms with Crippen molar-refractivity contribution in [3.63, 3.8) is 0 Å². The van der Waals surface area contributed by atoms with Gasteiger partial charge in [-0.15, -0.1) is 0 Å². The van der Waals surface area contributed by atoms with Crippen LogP contribution in [0.4, 0.5) is 0 Å². The molecule has 1 saturated carbocycles. The van der Waals surface area contributed by atoms with Crippen LogP contribution in [0.2, 0.25) is 0 Å². The first kappa shape index (κ1) is 21.4. The van der Waals surface area contributed by atoms with Crippen molar-refractivity contribution in [2.75, 3.05) is 13.2 Å². The van der Waals surface area contributed by atoms with E-state index in [1.54, 1.807) is 0 Å². The lowest BCUT2D eigenvalue weighted by Crippen LogP contribution is -2.33. The number of fused-ring (bicyclic) bond motifs is 1. The number of rotatable bonds is 6. The van der Waals surface area contributed by atoms with Crippen molar-refractivity contribution in [2.24, 2.45) is 13.0 Å². The average Bonchev–Trinajstić information content (AvgIpc) is 3.55. The highest BCUT2D eigenvalue weighted by molar-refractivity contribution is 5.81. The topological polar surface area (TPSA) is 76.5 Å². The zero-order valence-electron chi connectivity index (χ0n) is 18.9. The summed E-state index contributed by atoms with van der Waals surface area (Å²) in [5, 5.41) is 7.55. The number of carbonyl (C=O) groups is 2. The Morgan fingerprint density at radius 3 is 2.74 bits per heavy atom. The maximum atomic E-state index is 12.6. The first-order valence-electron chi connectivity index (χ1n) is 11.2. The van der Waals surface area contributed by atoms with Gasteiger partial charge in [0.2, 0.25) is 11.8 Å². The van der Waals surface area contributed by atoms with Gasteiger partial charge in [-0.25, -0.2) is 0 Å². The average molecular weight is 425 g/mol. The Balaban J connectivity index is 1.36. The molecule has 2 heterocycles. The second-order valence-electron chi connectivity index (χ2n) is 8.82. The van der Waals surface area contributed by atoms with Crippen LogP contribution in [-0.4, -0.2) is 39.6 Å². The number of aromatic nitrogens is 2. The lowest BCUT2D eigenvalue weighted by molar-refractivity contribution is -0.133. The van der Waals surface area contributed by atoms with Gasteiger partial charge in [-0.05, 0) is 51.7 Å². The molecule has 1 atom stereocenters. The summed E-state index contributed by atoms with van der Waals surface area (Å²) in [6.07, 6.45) is 3.07. The van der Waals surface area contributed by atoms with Crippen molar-refractivity contribution >= 4 is 11.8 Å². The minimum Gasteiger partial charge on any atom is -0.491 e. The quantitative estimate of drug-likeness (QED) is 0.774. The molecule has 31 heavy (non-hydrogen) atoms. The molecule has 2 amide bonds. The monoisotopic (exact) mass is 424 g/mol. The number of benzene rings is 1. The Bertz CT molecular complexity index is 993. The van der Waals surface area contributed by atoms with Crippen LogP contribution in [0.5, 0.6) is 5.75 Å². The number of ether oxygens (including phenoxy) is 1. The van der Waals surface area contributed by atoms with E-state index < -0.39 is 0 Å². The Morgan fingerprint density at radius 2 is 2.06 bits per heavy atom. The van der Waals surface area contributed by atoms with E-state index in [2.05, 4.69) is 16.5 Å². The second-order valence-corrected chi connectivity index (χ2v) is 8.82. The Hall–Kier alpha value is -2.83. The predicted octanol–water partition coefficient (Wildman–Crippen LogP) is 2.98. The van der Waals surface area contributed by atoms with Crippen LogP contribution < -0.4 is 10.1 Å². The largest absolute Gasteiger partial charge is 0.491 e. The van der Waals surface area contributed by atoms with Gasteiger partial charge in [0.25, 0.3) is 0 Å². The highest BCUT2D eigenvalue weighted by Gasteiger charge is 2.34. The molecule has 1 unspecified atom stereocenters. The number of amides is 2. The van der Waals surface area contributed by atoms with Gasteiger partial charge in [0.1, 0.15) is 12.4 Å². The molecule has 0 bridgehead atoms. The molecule has 4 rings (SSSR count). The smallest absolute Gasteiger partial charge is 0.226 e. The summed E-state index contributed by atoms with van der Waals surface area (Å²) < 4.78 is 7.70. The van der Waals surface area contributed by atoms with E-state index in [4.69, 9.17) is 4.74 Å². The fourth-order valence-electron chi connectivity index (χ4n) is 4.44. The minimum atomic E-state index is -0.0800. The summed E-state index contributed by atoms with van der Waals surface area (Å²) in [5.41, 5.74) is 5.21. The lowest BCUT2D eigenvalue weighted by Gasteiger charge is -2.19. The molecule has 7 nitrogen and oxygen atoms in total. The molecule has 1 N–H and O–H groups in total. The van der Waals surface area contributed by atoms with E-state index in [1.165, 1.54) is 0 Å². The summed E-state index contributed by atoms with van der Waals surface area (Å²) in [7, 11) is 1.92. The van der Waals surface area contributed by atoms with Gasteiger partial charge < -0.3 is 15.0 Å². The molecule has 0 radical (unpaired) electrons. The van der Waals surface area contributed by atoms with E-state index in [0.29, 0.717) is 32.5 Å². The molecule has 1 fully saturated rings. The second kappa shape index (κ2) is 8.73. The predicted molar refractivity (Wildman–Crippen MR) is 118 cm³/mol. The first-order chi connectivity index (χ1) is 14.8. The number of aryl methyl sites for hydroxylation is 3. The third-order valence-electron chi connectivity index (χ3n) is 6.36. The number of carbonyl (C=O) groups excluding carboxylic acids is 2. The zero-order valence-corrected chi connectivity index (χ0v) is 18.9. The SMILES string of the molecule is Cc1nn(C)c(C)c1C(C)NC(=O)CCc1ccc2c(c1)CN(C(=O)C1CC1)CCO2. The molecule has 1 aliphatic carbocycles. The molecule has 2 aromatic rings. The zero-order chi connectivity index (χ0) is 22.1. The third-order valence-corrected chi connectivity index (χ3v) is 6.36.